The van der Waals surface area contributed by atoms with Gasteiger partial charge in [-0.2, -0.15) is 0 Å². The summed E-state index contributed by atoms with van der Waals surface area (Å²) in [6.45, 7) is 0. The van der Waals surface area contributed by atoms with E-state index in [1.165, 1.54) is 12.5 Å². The zero-order chi connectivity index (χ0) is 18.4. The van der Waals surface area contributed by atoms with Gasteiger partial charge in [0, 0.05) is 19.2 Å². The number of amides is 2. The molecule has 2 amide bonds. The summed E-state index contributed by atoms with van der Waals surface area (Å²) >= 11 is 0. The second-order valence-electron chi connectivity index (χ2n) is 5.96. The van der Waals surface area contributed by atoms with Gasteiger partial charge in [0.25, 0.3) is 5.91 Å². The van der Waals surface area contributed by atoms with Gasteiger partial charge in [-0.1, -0.05) is 48.5 Å². The van der Waals surface area contributed by atoms with Crippen molar-refractivity contribution in [2.24, 2.45) is 0 Å². The Hall–Kier alpha value is -3.34. The van der Waals surface area contributed by atoms with E-state index in [9.17, 15) is 9.59 Å². The van der Waals surface area contributed by atoms with Crippen LogP contribution in [0.15, 0.2) is 83.7 Å². The molecule has 0 saturated carbocycles. The standard InChI is InChI=1S/C21H20N2O3/c1-23(18-10-6-3-7-11-18)21(25)19(14-16-8-4-2-5-9-16)22-20(24)17-12-13-26-15-17/h2-13,15,19H,14H2,1H3,(H,22,24)/t19-/m0/s1. The van der Waals surface area contributed by atoms with Crippen molar-refractivity contribution in [1.29, 1.82) is 0 Å². The highest BCUT2D eigenvalue weighted by Gasteiger charge is 2.26. The van der Waals surface area contributed by atoms with Crippen LogP contribution in [0.3, 0.4) is 0 Å². The molecule has 26 heavy (non-hydrogen) atoms. The van der Waals surface area contributed by atoms with Crippen LogP contribution in [-0.4, -0.2) is 24.9 Å². The van der Waals surface area contributed by atoms with Gasteiger partial charge in [0.1, 0.15) is 12.3 Å². The summed E-state index contributed by atoms with van der Waals surface area (Å²) in [5, 5.41) is 2.83. The number of benzene rings is 2. The van der Waals surface area contributed by atoms with Crippen molar-refractivity contribution in [3.63, 3.8) is 0 Å². The second kappa shape index (κ2) is 8.16. The lowest BCUT2D eigenvalue weighted by Gasteiger charge is -2.25. The largest absolute Gasteiger partial charge is 0.472 e. The maximum Gasteiger partial charge on any atom is 0.255 e. The highest BCUT2D eigenvalue weighted by Crippen LogP contribution is 2.14. The summed E-state index contributed by atoms with van der Waals surface area (Å²) in [5.41, 5.74) is 2.13. The molecule has 3 rings (SSSR count). The van der Waals surface area contributed by atoms with Gasteiger partial charge in [0.05, 0.1) is 11.8 Å². The van der Waals surface area contributed by atoms with Gasteiger partial charge in [0.15, 0.2) is 0 Å². The molecule has 0 radical (unpaired) electrons. The average molecular weight is 348 g/mol. The number of anilines is 1. The van der Waals surface area contributed by atoms with Crippen LogP contribution in [0.25, 0.3) is 0 Å². The quantitative estimate of drug-likeness (QED) is 0.743. The van der Waals surface area contributed by atoms with Gasteiger partial charge in [-0.05, 0) is 23.8 Å². The fraction of sp³-hybridized carbons (Fsp3) is 0.143. The molecule has 0 fully saturated rings. The Morgan fingerprint density at radius 2 is 1.65 bits per heavy atom. The van der Waals surface area contributed by atoms with Crippen molar-refractivity contribution in [2.75, 3.05) is 11.9 Å². The van der Waals surface area contributed by atoms with Gasteiger partial charge in [-0.3, -0.25) is 9.59 Å². The van der Waals surface area contributed by atoms with E-state index in [4.69, 9.17) is 4.42 Å². The molecule has 0 aliphatic rings. The van der Waals surface area contributed by atoms with Gasteiger partial charge in [-0.25, -0.2) is 0 Å². The van der Waals surface area contributed by atoms with E-state index >= 15 is 0 Å². The Balaban J connectivity index is 1.81. The Labute approximate surface area is 152 Å². The van der Waals surface area contributed by atoms with Crippen LogP contribution in [0.5, 0.6) is 0 Å². The number of rotatable bonds is 6. The zero-order valence-electron chi connectivity index (χ0n) is 14.5. The van der Waals surface area contributed by atoms with Crippen LogP contribution < -0.4 is 10.2 Å². The Kier molecular flexibility index (Phi) is 5.49. The molecular weight excluding hydrogens is 328 g/mol. The molecule has 2 aromatic carbocycles. The first-order valence-corrected chi connectivity index (χ1v) is 8.35. The number of hydrogen-bond acceptors (Lipinski definition) is 3. The number of nitrogens with one attached hydrogen (secondary N) is 1. The third-order valence-electron chi connectivity index (χ3n) is 4.14. The summed E-state index contributed by atoms with van der Waals surface area (Å²) in [4.78, 5) is 27.0. The fourth-order valence-electron chi connectivity index (χ4n) is 2.70. The highest BCUT2D eigenvalue weighted by atomic mass is 16.3. The Morgan fingerprint density at radius 1 is 1.00 bits per heavy atom. The molecule has 0 bridgehead atoms. The number of furan rings is 1. The van der Waals surface area contributed by atoms with Gasteiger partial charge < -0.3 is 14.6 Å². The van der Waals surface area contributed by atoms with E-state index in [1.807, 2.05) is 60.7 Å². The van der Waals surface area contributed by atoms with E-state index in [0.717, 1.165) is 11.3 Å². The minimum absolute atomic E-state index is 0.183. The van der Waals surface area contributed by atoms with Crippen molar-refractivity contribution in [1.82, 2.24) is 5.32 Å². The Morgan fingerprint density at radius 3 is 2.27 bits per heavy atom. The molecule has 3 aromatic rings. The van der Waals surface area contributed by atoms with Crippen molar-refractivity contribution in [3.05, 3.63) is 90.4 Å². The van der Waals surface area contributed by atoms with Crippen molar-refractivity contribution >= 4 is 17.5 Å². The van der Waals surface area contributed by atoms with E-state index in [-0.39, 0.29) is 11.8 Å². The lowest BCUT2D eigenvalue weighted by molar-refractivity contribution is -0.120. The SMILES string of the molecule is CN(C(=O)[C@H](Cc1ccccc1)NC(=O)c1ccoc1)c1ccccc1. The van der Waals surface area contributed by atoms with E-state index in [0.29, 0.717) is 12.0 Å². The number of carbonyl (C=O) groups is 2. The third kappa shape index (κ3) is 4.19. The second-order valence-corrected chi connectivity index (χ2v) is 5.96. The van der Waals surface area contributed by atoms with E-state index < -0.39 is 6.04 Å². The van der Waals surface area contributed by atoms with E-state index in [2.05, 4.69) is 5.32 Å². The number of hydrogen-bond donors (Lipinski definition) is 1. The number of likely N-dealkylation sites (N-methyl/N-ethyl adjacent to an activating group) is 1. The summed E-state index contributed by atoms with van der Waals surface area (Å²) < 4.78 is 4.96. The van der Waals surface area contributed by atoms with Crippen molar-refractivity contribution in [2.45, 2.75) is 12.5 Å². The summed E-state index contributed by atoms with van der Waals surface area (Å²) in [6, 6.07) is 19.8. The number of nitrogens with zero attached hydrogens (tertiary/aromatic N) is 1. The first kappa shape index (κ1) is 17.5. The highest BCUT2D eigenvalue weighted by molar-refractivity contribution is 6.02. The van der Waals surface area contributed by atoms with Crippen LogP contribution in [0.4, 0.5) is 5.69 Å². The monoisotopic (exact) mass is 348 g/mol. The molecule has 0 aliphatic heterocycles. The maximum atomic E-state index is 13.0. The lowest BCUT2D eigenvalue weighted by Crippen LogP contribution is -2.48. The number of para-hydroxylation sites is 1. The van der Waals surface area contributed by atoms with Crippen LogP contribution in [-0.2, 0) is 11.2 Å². The van der Waals surface area contributed by atoms with Crippen LogP contribution in [0, 0.1) is 0 Å². The molecule has 0 spiro atoms. The summed E-state index contributed by atoms with van der Waals surface area (Å²) in [5.74, 6) is -0.522. The van der Waals surface area contributed by atoms with E-state index in [1.54, 1.807) is 18.0 Å². The normalized spacial score (nSPS) is 11.6. The van der Waals surface area contributed by atoms with Crippen LogP contribution in [0.2, 0.25) is 0 Å². The molecule has 1 heterocycles. The molecule has 0 unspecified atom stereocenters. The third-order valence-corrected chi connectivity index (χ3v) is 4.14. The van der Waals surface area contributed by atoms with Crippen LogP contribution in [0.1, 0.15) is 15.9 Å². The number of carbonyl (C=O) groups excluding carboxylic acids is 2. The summed E-state index contributed by atoms with van der Waals surface area (Å²) in [6.07, 6.45) is 3.19. The molecule has 1 N–H and O–H groups in total. The predicted octanol–water partition coefficient (Wildman–Crippen LogP) is 3.28. The van der Waals surface area contributed by atoms with Gasteiger partial charge >= 0.3 is 0 Å². The first-order valence-electron chi connectivity index (χ1n) is 8.35. The maximum absolute atomic E-state index is 13.0. The van der Waals surface area contributed by atoms with Crippen LogP contribution >= 0.6 is 0 Å². The molecule has 5 nitrogen and oxygen atoms in total. The van der Waals surface area contributed by atoms with Crippen molar-refractivity contribution < 1.29 is 14.0 Å². The fourth-order valence-corrected chi connectivity index (χ4v) is 2.70. The molecule has 1 atom stereocenters. The zero-order valence-corrected chi connectivity index (χ0v) is 14.5. The topological polar surface area (TPSA) is 62.6 Å². The van der Waals surface area contributed by atoms with Gasteiger partial charge in [0.2, 0.25) is 5.91 Å². The molecule has 0 aliphatic carbocycles. The molecule has 1 aromatic heterocycles. The van der Waals surface area contributed by atoms with Gasteiger partial charge in [-0.15, -0.1) is 0 Å². The Bertz CT molecular complexity index is 845. The molecular formula is C21H20N2O3. The molecule has 0 saturated heterocycles. The van der Waals surface area contributed by atoms with Crippen molar-refractivity contribution in [3.8, 4) is 0 Å². The predicted molar refractivity (Wildman–Crippen MR) is 100.0 cm³/mol. The minimum atomic E-state index is -0.690. The average Bonchev–Trinajstić information content (AvgIpc) is 3.23. The smallest absolute Gasteiger partial charge is 0.255 e. The molecule has 132 valence electrons. The lowest BCUT2D eigenvalue weighted by atomic mass is 10.0. The minimum Gasteiger partial charge on any atom is -0.472 e. The summed E-state index contributed by atoms with van der Waals surface area (Å²) in [7, 11) is 1.71. The molecule has 5 heteroatoms. The first-order chi connectivity index (χ1) is 12.6.